The number of nitrogens with zero attached hydrogens (tertiary/aromatic N) is 2. The largest absolute Gasteiger partial charge is 0.465 e. The molecule has 0 bridgehead atoms. The topological polar surface area (TPSA) is 42.4 Å². The van der Waals surface area contributed by atoms with Gasteiger partial charge in [0, 0.05) is 12.6 Å². The van der Waals surface area contributed by atoms with Crippen molar-refractivity contribution in [3.8, 4) is 0 Å². The van der Waals surface area contributed by atoms with Crippen molar-refractivity contribution in [2.24, 2.45) is 5.92 Å². The number of hydrogen-bond donors (Lipinski definition) is 0. The first-order chi connectivity index (χ1) is 8.11. The molecule has 1 aromatic rings. The Balaban J connectivity index is 2.11. The van der Waals surface area contributed by atoms with Gasteiger partial charge in [-0.25, -0.2) is 9.78 Å². The maximum absolute atomic E-state index is 11.4. The van der Waals surface area contributed by atoms with Gasteiger partial charge in [0.2, 0.25) is 0 Å². The number of methoxy groups -OCH3 is 1. The van der Waals surface area contributed by atoms with E-state index in [0.29, 0.717) is 10.9 Å². The van der Waals surface area contributed by atoms with Crippen molar-refractivity contribution in [1.82, 2.24) is 4.98 Å². The fourth-order valence-electron chi connectivity index (χ4n) is 1.68. The highest BCUT2D eigenvalue weighted by Crippen LogP contribution is 2.33. The molecule has 0 radical (unpaired) electrons. The van der Waals surface area contributed by atoms with Crippen LogP contribution < -0.4 is 4.90 Å². The van der Waals surface area contributed by atoms with Crippen molar-refractivity contribution < 1.29 is 9.53 Å². The zero-order valence-corrected chi connectivity index (χ0v) is 11.3. The molecular weight excluding hydrogens is 236 g/mol. The number of ether oxygens (including phenoxy) is 1. The maximum Gasteiger partial charge on any atom is 0.349 e. The predicted molar refractivity (Wildman–Crippen MR) is 68.7 cm³/mol. The number of aromatic nitrogens is 1. The Morgan fingerprint density at radius 2 is 2.35 bits per heavy atom. The molecule has 2 rings (SSSR count). The van der Waals surface area contributed by atoms with Crippen molar-refractivity contribution in [3.63, 3.8) is 0 Å². The van der Waals surface area contributed by atoms with Crippen LogP contribution in [-0.2, 0) is 4.74 Å². The van der Waals surface area contributed by atoms with Crippen LogP contribution in [0.5, 0.6) is 0 Å². The number of hydrogen-bond acceptors (Lipinski definition) is 5. The average molecular weight is 254 g/mol. The van der Waals surface area contributed by atoms with Gasteiger partial charge in [0.1, 0.15) is 4.88 Å². The summed E-state index contributed by atoms with van der Waals surface area (Å²) in [7, 11) is 1.39. The maximum atomic E-state index is 11.4. The zero-order chi connectivity index (χ0) is 12.4. The monoisotopic (exact) mass is 254 g/mol. The third-order valence-corrected chi connectivity index (χ3v) is 3.92. The van der Waals surface area contributed by atoms with E-state index >= 15 is 0 Å². The molecule has 1 aliphatic rings. The van der Waals surface area contributed by atoms with Crippen LogP contribution >= 0.6 is 11.3 Å². The molecule has 0 amide bonds. The minimum absolute atomic E-state index is 0.302. The summed E-state index contributed by atoms with van der Waals surface area (Å²) in [5.41, 5.74) is 0. The highest BCUT2D eigenvalue weighted by atomic mass is 32.1. The summed E-state index contributed by atoms with van der Waals surface area (Å²) in [6, 6.07) is 0.409. The Bertz CT molecular complexity index is 399. The molecule has 0 N–H and O–H groups in total. The quantitative estimate of drug-likeness (QED) is 0.757. The summed E-state index contributed by atoms with van der Waals surface area (Å²) in [5.74, 6) is 0.506. The van der Waals surface area contributed by atoms with E-state index in [-0.39, 0.29) is 5.97 Å². The van der Waals surface area contributed by atoms with Gasteiger partial charge in [-0.3, -0.25) is 0 Å². The minimum atomic E-state index is -0.302. The summed E-state index contributed by atoms with van der Waals surface area (Å²) < 4.78 is 4.70. The van der Waals surface area contributed by atoms with Gasteiger partial charge >= 0.3 is 5.97 Å². The predicted octanol–water partition coefficient (Wildman–Crippen LogP) is 2.55. The first-order valence-electron chi connectivity index (χ1n) is 5.92. The lowest BCUT2D eigenvalue weighted by Gasteiger charge is -2.25. The standard InChI is InChI=1S/C12H18N2O2S/c1-8(2)14(7-9-4-5-9)12-13-6-10(17-12)11(15)16-3/h6,8-9H,4-5,7H2,1-3H3. The normalized spacial score (nSPS) is 15.1. The van der Waals surface area contributed by atoms with Crippen LogP contribution in [0.15, 0.2) is 6.20 Å². The Hall–Kier alpha value is -1.10. The van der Waals surface area contributed by atoms with Gasteiger partial charge in [-0.2, -0.15) is 0 Å². The summed E-state index contributed by atoms with van der Waals surface area (Å²) in [4.78, 5) is 18.6. The fourth-order valence-corrected chi connectivity index (χ4v) is 2.66. The van der Waals surface area contributed by atoms with Crippen LogP contribution in [-0.4, -0.2) is 30.6 Å². The van der Waals surface area contributed by atoms with Crippen LogP contribution in [0.4, 0.5) is 5.13 Å². The van der Waals surface area contributed by atoms with E-state index in [2.05, 4.69) is 23.7 Å². The second-order valence-electron chi connectivity index (χ2n) is 4.69. The molecule has 0 saturated heterocycles. The van der Waals surface area contributed by atoms with Crippen LogP contribution in [0.1, 0.15) is 36.4 Å². The molecule has 0 atom stereocenters. The van der Waals surface area contributed by atoms with Crippen molar-refractivity contribution >= 4 is 22.4 Å². The van der Waals surface area contributed by atoms with E-state index in [9.17, 15) is 4.79 Å². The van der Waals surface area contributed by atoms with Crippen molar-refractivity contribution in [2.75, 3.05) is 18.6 Å². The smallest absolute Gasteiger partial charge is 0.349 e. The molecular formula is C12H18N2O2S. The lowest BCUT2D eigenvalue weighted by Crippen LogP contribution is -2.32. The second-order valence-corrected chi connectivity index (χ2v) is 5.70. The summed E-state index contributed by atoms with van der Waals surface area (Å²) >= 11 is 1.41. The van der Waals surface area contributed by atoms with Gasteiger partial charge in [-0.15, -0.1) is 0 Å². The average Bonchev–Trinajstić information content (AvgIpc) is 3.00. The van der Waals surface area contributed by atoms with Gasteiger partial charge in [0.25, 0.3) is 0 Å². The Morgan fingerprint density at radius 1 is 1.65 bits per heavy atom. The van der Waals surface area contributed by atoms with E-state index < -0.39 is 0 Å². The molecule has 0 aromatic carbocycles. The molecule has 5 heteroatoms. The summed E-state index contributed by atoms with van der Waals surface area (Å²) in [5, 5.41) is 0.923. The number of esters is 1. The van der Waals surface area contributed by atoms with Gasteiger partial charge in [0.15, 0.2) is 5.13 Å². The van der Waals surface area contributed by atoms with Crippen LogP contribution in [0.3, 0.4) is 0 Å². The highest BCUT2D eigenvalue weighted by Gasteiger charge is 2.27. The van der Waals surface area contributed by atoms with Gasteiger partial charge in [-0.1, -0.05) is 11.3 Å². The van der Waals surface area contributed by atoms with Gasteiger partial charge in [-0.05, 0) is 32.6 Å². The van der Waals surface area contributed by atoms with E-state index in [4.69, 9.17) is 4.74 Å². The second kappa shape index (κ2) is 5.04. The third kappa shape index (κ3) is 2.97. The highest BCUT2D eigenvalue weighted by molar-refractivity contribution is 7.17. The molecule has 94 valence electrons. The lowest BCUT2D eigenvalue weighted by atomic mass is 10.3. The number of thiazole rings is 1. The molecule has 1 saturated carbocycles. The molecule has 1 aromatic heterocycles. The van der Waals surface area contributed by atoms with Crippen molar-refractivity contribution in [1.29, 1.82) is 0 Å². The van der Waals surface area contributed by atoms with Crippen LogP contribution in [0.2, 0.25) is 0 Å². The van der Waals surface area contributed by atoms with E-state index in [0.717, 1.165) is 17.6 Å². The number of carbonyl (C=O) groups excluding carboxylic acids is 1. The van der Waals surface area contributed by atoms with Crippen molar-refractivity contribution in [2.45, 2.75) is 32.7 Å². The number of rotatable bonds is 5. The number of anilines is 1. The Kier molecular flexibility index (Phi) is 3.66. The first-order valence-corrected chi connectivity index (χ1v) is 6.74. The Morgan fingerprint density at radius 3 is 2.88 bits per heavy atom. The molecule has 1 heterocycles. The molecule has 0 aliphatic heterocycles. The molecule has 1 aliphatic carbocycles. The van der Waals surface area contributed by atoms with E-state index in [1.165, 1.54) is 31.3 Å². The minimum Gasteiger partial charge on any atom is -0.465 e. The molecule has 1 fully saturated rings. The summed E-state index contributed by atoms with van der Waals surface area (Å²) in [6.45, 7) is 5.36. The van der Waals surface area contributed by atoms with Crippen LogP contribution in [0.25, 0.3) is 0 Å². The SMILES string of the molecule is COC(=O)c1cnc(N(CC2CC2)C(C)C)s1. The van der Waals surface area contributed by atoms with Gasteiger partial charge < -0.3 is 9.64 Å². The molecule has 0 spiro atoms. The van der Waals surface area contributed by atoms with Crippen molar-refractivity contribution in [3.05, 3.63) is 11.1 Å². The Labute approximate surface area is 106 Å². The zero-order valence-electron chi connectivity index (χ0n) is 10.5. The fraction of sp³-hybridized carbons (Fsp3) is 0.667. The van der Waals surface area contributed by atoms with E-state index in [1.807, 2.05) is 0 Å². The molecule has 17 heavy (non-hydrogen) atoms. The third-order valence-electron chi connectivity index (χ3n) is 2.90. The van der Waals surface area contributed by atoms with Gasteiger partial charge in [0.05, 0.1) is 13.3 Å². The summed E-state index contributed by atoms with van der Waals surface area (Å²) in [6.07, 6.45) is 4.24. The molecule has 4 nitrogen and oxygen atoms in total. The first kappa shape index (κ1) is 12.4. The molecule has 0 unspecified atom stereocenters. The lowest BCUT2D eigenvalue weighted by molar-refractivity contribution is 0.0606. The number of carbonyl (C=O) groups is 1. The van der Waals surface area contributed by atoms with E-state index in [1.54, 1.807) is 6.20 Å². The van der Waals surface area contributed by atoms with Crippen LogP contribution in [0, 0.1) is 5.92 Å².